The fourth-order valence-electron chi connectivity index (χ4n) is 2.61. The quantitative estimate of drug-likeness (QED) is 0.924. The molecule has 0 aromatic heterocycles. The minimum Gasteiger partial charge on any atom is -0.359 e. The second kappa shape index (κ2) is 5.92. The van der Waals surface area contributed by atoms with Crippen molar-refractivity contribution in [2.24, 2.45) is 5.73 Å². The van der Waals surface area contributed by atoms with E-state index in [0.29, 0.717) is 6.54 Å². The Hall–Kier alpha value is -1.07. The number of carbonyl (C=O) groups excluding carboxylic acids is 1. The van der Waals surface area contributed by atoms with E-state index < -0.39 is 0 Å². The molecule has 1 aromatic rings. The van der Waals surface area contributed by atoms with Crippen LogP contribution in [0.15, 0.2) is 22.7 Å². The summed E-state index contributed by atoms with van der Waals surface area (Å²) in [5.41, 5.74) is 7.99. The average molecular weight is 326 g/mol. The van der Waals surface area contributed by atoms with E-state index in [-0.39, 0.29) is 11.9 Å². The summed E-state index contributed by atoms with van der Waals surface area (Å²) in [5.74, 6) is 0.170. The van der Waals surface area contributed by atoms with E-state index >= 15 is 0 Å². The molecule has 1 aliphatic heterocycles. The summed E-state index contributed by atoms with van der Waals surface area (Å²) in [5, 5.41) is 0. The van der Waals surface area contributed by atoms with Crippen molar-refractivity contribution < 1.29 is 4.79 Å². The number of rotatable bonds is 3. The number of amides is 1. The first-order chi connectivity index (χ1) is 9.04. The van der Waals surface area contributed by atoms with Crippen molar-refractivity contribution in [2.75, 3.05) is 25.5 Å². The van der Waals surface area contributed by atoms with Gasteiger partial charge in [0.25, 0.3) is 0 Å². The molecule has 1 fully saturated rings. The minimum atomic E-state index is -0.0542. The van der Waals surface area contributed by atoms with Crippen LogP contribution in [0.4, 0.5) is 5.69 Å². The standard InChI is InChI=1S/C14H20BrN3O/c1-17(2)14(19)13-4-3-7-18(13)12-6-5-11(15)8-10(12)9-16/h5-6,8,13H,3-4,7,9,16H2,1-2H3. The molecule has 5 heteroatoms. The Balaban J connectivity index is 2.32. The van der Waals surface area contributed by atoms with Gasteiger partial charge in [-0.2, -0.15) is 0 Å². The third-order valence-electron chi connectivity index (χ3n) is 3.55. The van der Waals surface area contributed by atoms with Gasteiger partial charge in [-0.1, -0.05) is 15.9 Å². The zero-order valence-corrected chi connectivity index (χ0v) is 13.0. The van der Waals surface area contributed by atoms with Crippen molar-refractivity contribution in [3.05, 3.63) is 28.2 Å². The van der Waals surface area contributed by atoms with Crippen LogP contribution in [0.25, 0.3) is 0 Å². The second-order valence-corrected chi connectivity index (χ2v) is 5.98. The van der Waals surface area contributed by atoms with Gasteiger partial charge in [0, 0.05) is 37.3 Å². The molecule has 0 aliphatic carbocycles. The number of halogens is 1. The second-order valence-electron chi connectivity index (χ2n) is 5.06. The zero-order chi connectivity index (χ0) is 14.0. The maximum Gasteiger partial charge on any atom is 0.244 e. The molecule has 1 aromatic carbocycles. The highest BCUT2D eigenvalue weighted by Gasteiger charge is 2.32. The largest absolute Gasteiger partial charge is 0.359 e. The summed E-state index contributed by atoms with van der Waals surface area (Å²) in [6, 6.07) is 6.03. The van der Waals surface area contributed by atoms with Gasteiger partial charge in [-0.15, -0.1) is 0 Å². The lowest BCUT2D eigenvalue weighted by atomic mass is 10.1. The molecule has 104 valence electrons. The number of hydrogen-bond donors (Lipinski definition) is 1. The average Bonchev–Trinajstić information content (AvgIpc) is 2.86. The molecule has 1 amide bonds. The number of carbonyl (C=O) groups is 1. The lowest BCUT2D eigenvalue weighted by molar-refractivity contribution is -0.129. The Morgan fingerprint density at radius 3 is 2.89 bits per heavy atom. The van der Waals surface area contributed by atoms with Crippen LogP contribution in [-0.4, -0.2) is 37.5 Å². The normalized spacial score (nSPS) is 18.7. The monoisotopic (exact) mass is 325 g/mol. The maximum atomic E-state index is 12.2. The number of benzene rings is 1. The maximum absolute atomic E-state index is 12.2. The molecule has 4 nitrogen and oxygen atoms in total. The predicted molar refractivity (Wildman–Crippen MR) is 81.1 cm³/mol. The van der Waals surface area contributed by atoms with Gasteiger partial charge < -0.3 is 15.5 Å². The highest BCUT2D eigenvalue weighted by atomic mass is 79.9. The van der Waals surface area contributed by atoms with Crippen LogP contribution in [0, 0.1) is 0 Å². The number of anilines is 1. The van der Waals surface area contributed by atoms with Gasteiger partial charge in [0.15, 0.2) is 0 Å². The van der Waals surface area contributed by atoms with Crippen LogP contribution >= 0.6 is 15.9 Å². The molecule has 2 rings (SSSR count). The van der Waals surface area contributed by atoms with E-state index in [9.17, 15) is 4.79 Å². The highest BCUT2D eigenvalue weighted by Crippen LogP contribution is 2.31. The van der Waals surface area contributed by atoms with Crippen LogP contribution in [-0.2, 0) is 11.3 Å². The van der Waals surface area contributed by atoms with Crippen molar-refractivity contribution in [3.8, 4) is 0 Å². The van der Waals surface area contributed by atoms with Gasteiger partial charge in [-0.3, -0.25) is 4.79 Å². The predicted octanol–water partition coefficient (Wildman–Crippen LogP) is 1.96. The molecule has 1 saturated heterocycles. The molecule has 1 aliphatic rings. The fourth-order valence-corrected chi connectivity index (χ4v) is 3.02. The lowest BCUT2D eigenvalue weighted by Gasteiger charge is -2.29. The number of likely N-dealkylation sites (N-methyl/N-ethyl adjacent to an activating group) is 1. The summed E-state index contributed by atoms with van der Waals surface area (Å²) >= 11 is 3.46. The molecule has 19 heavy (non-hydrogen) atoms. The Labute approximate surface area is 122 Å². The van der Waals surface area contributed by atoms with E-state index in [4.69, 9.17) is 5.73 Å². The molecule has 2 N–H and O–H groups in total. The molecule has 0 spiro atoms. The van der Waals surface area contributed by atoms with Crippen molar-refractivity contribution in [2.45, 2.75) is 25.4 Å². The SMILES string of the molecule is CN(C)C(=O)C1CCCN1c1ccc(Br)cc1CN. The Bertz CT molecular complexity index is 476. The van der Waals surface area contributed by atoms with E-state index in [1.165, 1.54) is 0 Å². The Morgan fingerprint density at radius 1 is 1.53 bits per heavy atom. The van der Waals surface area contributed by atoms with Gasteiger partial charge in [0.05, 0.1) is 0 Å². The number of nitrogens with two attached hydrogens (primary N) is 1. The lowest BCUT2D eigenvalue weighted by Crippen LogP contribution is -2.43. The van der Waals surface area contributed by atoms with Gasteiger partial charge in [0.1, 0.15) is 6.04 Å². The van der Waals surface area contributed by atoms with Crippen LogP contribution < -0.4 is 10.6 Å². The van der Waals surface area contributed by atoms with Crippen molar-refractivity contribution in [1.29, 1.82) is 0 Å². The molecule has 0 radical (unpaired) electrons. The number of hydrogen-bond acceptors (Lipinski definition) is 3. The smallest absolute Gasteiger partial charge is 0.244 e. The van der Waals surface area contributed by atoms with Crippen LogP contribution in [0.1, 0.15) is 18.4 Å². The van der Waals surface area contributed by atoms with Crippen LogP contribution in [0.5, 0.6) is 0 Å². The van der Waals surface area contributed by atoms with Crippen molar-refractivity contribution in [1.82, 2.24) is 4.90 Å². The molecule has 1 heterocycles. The molecular weight excluding hydrogens is 306 g/mol. The molecule has 1 atom stereocenters. The van der Waals surface area contributed by atoms with Gasteiger partial charge in [-0.05, 0) is 36.6 Å². The molecule has 0 saturated carbocycles. The summed E-state index contributed by atoms with van der Waals surface area (Å²) in [6.07, 6.45) is 1.96. The van der Waals surface area contributed by atoms with Crippen LogP contribution in [0.3, 0.4) is 0 Å². The van der Waals surface area contributed by atoms with E-state index in [1.54, 1.807) is 4.90 Å². The Morgan fingerprint density at radius 2 is 2.26 bits per heavy atom. The fraction of sp³-hybridized carbons (Fsp3) is 0.500. The molecular formula is C14H20BrN3O. The summed E-state index contributed by atoms with van der Waals surface area (Å²) in [4.78, 5) is 16.1. The Kier molecular flexibility index (Phi) is 4.47. The third kappa shape index (κ3) is 2.92. The first kappa shape index (κ1) is 14.3. The van der Waals surface area contributed by atoms with E-state index in [1.807, 2.05) is 32.3 Å². The highest BCUT2D eigenvalue weighted by molar-refractivity contribution is 9.10. The summed E-state index contributed by atoms with van der Waals surface area (Å²) in [6.45, 7) is 1.40. The first-order valence-electron chi connectivity index (χ1n) is 6.51. The zero-order valence-electron chi connectivity index (χ0n) is 11.4. The van der Waals surface area contributed by atoms with Crippen molar-refractivity contribution in [3.63, 3.8) is 0 Å². The van der Waals surface area contributed by atoms with Crippen LogP contribution in [0.2, 0.25) is 0 Å². The topological polar surface area (TPSA) is 49.6 Å². The first-order valence-corrected chi connectivity index (χ1v) is 7.30. The van der Waals surface area contributed by atoms with E-state index in [0.717, 1.165) is 35.1 Å². The summed E-state index contributed by atoms with van der Waals surface area (Å²) < 4.78 is 1.02. The molecule has 0 bridgehead atoms. The number of nitrogens with zero attached hydrogens (tertiary/aromatic N) is 2. The summed E-state index contributed by atoms with van der Waals surface area (Å²) in [7, 11) is 3.62. The van der Waals surface area contributed by atoms with Gasteiger partial charge in [0.2, 0.25) is 5.91 Å². The van der Waals surface area contributed by atoms with Gasteiger partial charge >= 0.3 is 0 Å². The third-order valence-corrected chi connectivity index (χ3v) is 4.04. The minimum absolute atomic E-state index is 0.0542. The van der Waals surface area contributed by atoms with Gasteiger partial charge in [-0.25, -0.2) is 0 Å². The van der Waals surface area contributed by atoms with E-state index in [2.05, 4.69) is 20.8 Å². The molecule has 1 unspecified atom stereocenters. The van der Waals surface area contributed by atoms with Crippen molar-refractivity contribution >= 4 is 27.5 Å².